The number of aromatic nitrogens is 1. The molecule has 0 aliphatic carbocycles. The molecular formula is C13H8F2N2O2. The lowest BCUT2D eigenvalue weighted by molar-refractivity contribution is 0.106. The van der Waals surface area contributed by atoms with Gasteiger partial charge in [0.05, 0.1) is 0 Å². The summed E-state index contributed by atoms with van der Waals surface area (Å²) in [7, 11) is 0. The number of halogens is 2. The topological polar surface area (TPSA) is 62.5 Å². The molecule has 1 N–H and O–H groups in total. The average molecular weight is 262 g/mol. The summed E-state index contributed by atoms with van der Waals surface area (Å²) >= 11 is 0. The lowest BCUT2D eigenvalue weighted by atomic mass is 10.0. The maximum absolute atomic E-state index is 12.9. The highest BCUT2D eigenvalue weighted by atomic mass is 19.1. The number of rotatable bonds is 3. The van der Waals surface area contributed by atoms with E-state index in [0.717, 1.165) is 24.4 Å². The summed E-state index contributed by atoms with van der Waals surface area (Å²) in [5.74, 6) is -1.99. The number of benzene rings is 1. The Morgan fingerprint density at radius 1 is 1.11 bits per heavy atom. The Bertz CT molecular complexity index is 639. The maximum atomic E-state index is 12.9. The van der Waals surface area contributed by atoms with Crippen LogP contribution >= 0.6 is 0 Å². The second kappa shape index (κ2) is 5.34. The van der Waals surface area contributed by atoms with Crippen molar-refractivity contribution >= 4 is 11.5 Å². The molecule has 0 bridgehead atoms. The molecule has 1 aromatic heterocycles. The Hall–Kier alpha value is -2.63. The summed E-state index contributed by atoms with van der Waals surface area (Å²) in [6.07, 6.45) is 1.13. The third-order valence-electron chi connectivity index (χ3n) is 2.42. The zero-order valence-electron chi connectivity index (χ0n) is 9.55. The predicted molar refractivity (Wildman–Crippen MR) is 63.2 cm³/mol. The minimum absolute atomic E-state index is 0.00961. The van der Waals surface area contributed by atoms with Crippen LogP contribution in [0.25, 0.3) is 0 Å². The highest BCUT2D eigenvalue weighted by molar-refractivity contribution is 6.51. The molecule has 0 saturated heterocycles. The molecule has 0 aliphatic heterocycles. The van der Waals surface area contributed by atoms with Gasteiger partial charge in [0.15, 0.2) is 5.71 Å². The average Bonchev–Trinajstić information content (AvgIpc) is 2.41. The molecule has 0 amide bonds. The minimum Gasteiger partial charge on any atom is -0.410 e. The molecule has 0 radical (unpaired) electrons. The van der Waals surface area contributed by atoms with E-state index in [9.17, 15) is 13.6 Å². The van der Waals surface area contributed by atoms with Gasteiger partial charge in [-0.2, -0.15) is 4.39 Å². The number of pyridine rings is 1. The summed E-state index contributed by atoms with van der Waals surface area (Å²) in [6.45, 7) is 0. The van der Waals surface area contributed by atoms with Gasteiger partial charge in [0.25, 0.3) is 0 Å². The van der Waals surface area contributed by atoms with Crippen LogP contribution in [0.3, 0.4) is 0 Å². The van der Waals surface area contributed by atoms with Crippen molar-refractivity contribution in [3.8, 4) is 0 Å². The third kappa shape index (κ3) is 2.79. The van der Waals surface area contributed by atoms with Crippen molar-refractivity contribution in [3.05, 3.63) is 65.5 Å². The fourth-order valence-corrected chi connectivity index (χ4v) is 1.52. The van der Waals surface area contributed by atoms with Crippen molar-refractivity contribution in [2.24, 2.45) is 5.16 Å². The normalized spacial score (nSPS) is 11.4. The van der Waals surface area contributed by atoms with Crippen LogP contribution in [0, 0.1) is 11.8 Å². The number of hydrogen-bond donors (Lipinski definition) is 1. The lowest BCUT2D eigenvalue weighted by Gasteiger charge is -2.04. The first-order valence-corrected chi connectivity index (χ1v) is 5.26. The van der Waals surface area contributed by atoms with Gasteiger partial charge in [-0.3, -0.25) is 4.79 Å². The van der Waals surface area contributed by atoms with Gasteiger partial charge in [-0.05, 0) is 30.3 Å². The van der Waals surface area contributed by atoms with Gasteiger partial charge in [0, 0.05) is 23.4 Å². The minimum atomic E-state index is -0.817. The fourth-order valence-electron chi connectivity index (χ4n) is 1.52. The molecule has 0 spiro atoms. The molecule has 1 aromatic carbocycles. The molecule has 0 atom stereocenters. The molecule has 2 rings (SSSR count). The monoisotopic (exact) mass is 262 g/mol. The Kier molecular flexibility index (Phi) is 3.61. The van der Waals surface area contributed by atoms with Gasteiger partial charge in [-0.15, -0.1) is 0 Å². The van der Waals surface area contributed by atoms with Crippen LogP contribution in [0.4, 0.5) is 8.78 Å². The third-order valence-corrected chi connectivity index (χ3v) is 2.42. The first kappa shape index (κ1) is 12.8. The van der Waals surface area contributed by atoms with Crippen LogP contribution in [0.15, 0.2) is 47.8 Å². The van der Waals surface area contributed by atoms with Crippen molar-refractivity contribution in [1.29, 1.82) is 0 Å². The van der Waals surface area contributed by atoms with E-state index in [1.807, 2.05) is 0 Å². The standard InChI is InChI=1S/C13H8F2N2O2/c14-10-3-1-8(2-4-10)12(17-19)13(18)9-5-6-16-11(15)7-9/h1-7,19H/b17-12+. The molecule has 96 valence electrons. The largest absolute Gasteiger partial charge is 0.410 e. The Balaban J connectivity index is 2.38. The molecule has 6 heteroatoms. The molecular weight excluding hydrogens is 254 g/mol. The van der Waals surface area contributed by atoms with E-state index in [2.05, 4.69) is 10.1 Å². The summed E-state index contributed by atoms with van der Waals surface area (Å²) < 4.78 is 25.7. The summed E-state index contributed by atoms with van der Waals surface area (Å²) in [6, 6.07) is 7.05. The molecule has 0 saturated carbocycles. The van der Waals surface area contributed by atoms with Gasteiger partial charge in [-0.1, -0.05) is 5.16 Å². The van der Waals surface area contributed by atoms with E-state index >= 15 is 0 Å². The molecule has 2 aromatic rings. The van der Waals surface area contributed by atoms with Crippen molar-refractivity contribution < 1.29 is 18.8 Å². The van der Waals surface area contributed by atoms with Crippen LogP contribution < -0.4 is 0 Å². The zero-order valence-corrected chi connectivity index (χ0v) is 9.55. The number of nitrogens with zero attached hydrogens (tertiary/aromatic N) is 2. The van der Waals surface area contributed by atoms with E-state index in [-0.39, 0.29) is 16.8 Å². The van der Waals surface area contributed by atoms with E-state index in [1.165, 1.54) is 18.2 Å². The number of carbonyl (C=O) groups is 1. The van der Waals surface area contributed by atoms with Crippen molar-refractivity contribution in [3.63, 3.8) is 0 Å². The highest BCUT2D eigenvalue weighted by Gasteiger charge is 2.17. The summed E-state index contributed by atoms with van der Waals surface area (Å²) in [5.41, 5.74) is -0.0821. The summed E-state index contributed by atoms with van der Waals surface area (Å²) in [5, 5.41) is 11.8. The van der Waals surface area contributed by atoms with E-state index in [4.69, 9.17) is 5.21 Å². The maximum Gasteiger partial charge on any atom is 0.215 e. The van der Waals surface area contributed by atoms with Gasteiger partial charge >= 0.3 is 0 Å². The van der Waals surface area contributed by atoms with Crippen LogP contribution in [-0.4, -0.2) is 21.7 Å². The first-order valence-electron chi connectivity index (χ1n) is 5.26. The van der Waals surface area contributed by atoms with Gasteiger partial charge in [0.1, 0.15) is 5.82 Å². The van der Waals surface area contributed by atoms with Crippen LogP contribution in [-0.2, 0) is 0 Å². The Morgan fingerprint density at radius 3 is 2.37 bits per heavy atom. The number of hydrogen-bond acceptors (Lipinski definition) is 4. The van der Waals surface area contributed by atoms with Crippen molar-refractivity contribution in [2.45, 2.75) is 0 Å². The molecule has 0 fully saturated rings. The van der Waals surface area contributed by atoms with Crippen LogP contribution in [0.5, 0.6) is 0 Å². The Morgan fingerprint density at radius 2 is 1.79 bits per heavy atom. The van der Waals surface area contributed by atoms with Gasteiger partial charge < -0.3 is 5.21 Å². The van der Waals surface area contributed by atoms with Gasteiger partial charge in [0.2, 0.25) is 11.7 Å². The molecule has 4 nitrogen and oxygen atoms in total. The molecule has 0 aliphatic rings. The van der Waals surface area contributed by atoms with Crippen LogP contribution in [0.2, 0.25) is 0 Å². The zero-order chi connectivity index (χ0) is 13.8. The smallest absolute Gasteiger partial charge is 0.215 e. The molecule has 0 unspecified atom stereocenters. The first-order chi connectivity index (χ1) is 9.11. The second-order valence-electron chi connectivity index (χ2n) is 3.65. The lowest BCUT2D eigenvalue weighted by Crippen LogP contribution is -2.16. The Labute approximate surface area is 107 Å². The second-order valence-corrected chi connectivity index (χ2v) is 3.65. The SMILES string of the molecule is O=C(/C(=N/O)c1ccc(F)cc1)c1ccnc(F)c1. The van der Waals surface area contributed by atoms with Crippen LogP contribution in [0.1, 0.15) is 15.9 Å². The van der Waals surface area contributed by atoms with E-state index in [1.54, 1.807) is 0 Å². The number of Topliss-reactive ketones (excluding diaryl/α,β-unsaturated/α-hetero) is 1. The van der Waals surface area contributed by atoms with E-state index < -0.39 is 17.5 Å². The highest BCUT2D eigenvalue weighted by Crippen LogP contribution is 2.10. The number of oxime groups is 1. The molecule has 1 heterocycles. The quantitative estimate of drug-likeness (QED) is 0.304. The van der Waals surface area contributed by atoms with E-state index in [0.29, 0.717) is 0 Å². The van der Waals surface area contributed by atoms with Crippen molar-refractivity contribution in [1.82, 2.24) is 4.98 Å². The fraction of sp³-hybridized carbons (Fsp3) is 0. The molecule has 19 heavy (non-hydrogen) atoms. The van der Waals surface area contributed by atoms with Gasteiger partial charge in [-0.25, -0.2) is 9.37 Å². The number of carbonyl (C=O) groups excluding carboxylic acids is 1. The summed E-state index contributed by atoms with van der Waals surface area (Å²) in [4.78, 5) is 15.4. The number of ketones is 1. The van der Waals surface area contributed by atoms with Crippen molar-refractivity contribution in [2.75, 3.05) is 0 Å². The predicted octanol–water partition coefficient (Wildman–Crippen LogP) is 2.42.